The number of rotatable bonds is 2. The summed E-state index contributed by atoms with van der Waals surface area (Å²) in [6.07, 6.45) is 4.31. The molecular weight excluding hydrogens is 224 g/mol. The average molecular weight is 242 g/mol. The van der Waals surface area contributed by atoms with Crippen molar-refractivity contribution in [1.29, 1.82) is 0 Å². The first-order valence-electron chi connectivity index (χ1n) is 6.57. The van der Waals surface area contributed by atoms with Crippen LogP contribution in [0.2, 0.25) is 0 Å². The summed E-state index contributed by atoms with van der Waals surface area (Å²) in [6.45, 7) is 4.41. The number of nitrogens with zero attached hydrogens (tertiary/aromatic N) is 2. The Balaban J connectivity index is 1.84. The van der Waals surface area contributed by atoms with E-state index in [4.69, 9.17) is 0 Å². The third kappa shape index (κ3) is 2.01. The third-order valence-corrected chi connectivity index (χ3v) is 3.69. The van der Waals surface area contributed by atoms with Gasteiger partial charge in [0.15, 0.2) is 0 Å². The van der Waals surface area contributed by atoms with Crippen molar-refractivity contribution in [3.05, 3.63) is 36.0 Å². The summed E-state index contributed by atoms with van der Waals surface area (Å²) in [5, 5.41) is 1.21. The van der Waals surface area contributed by atoms with E-state index < -0.39 is 0 Å². The molecule has 2 aromatic rings. The molecular formula is C15H18N2O. The number of aryl methyl sites for hydroxylation is 1. The Bertz CT molecular complexity index is 579. The van der Waals surface area contributed by atoms with Gasteiger partial charge in [-0.25, -0.2) is 0 Å². The second kappa shape index (κ2) is 4.48. The number of carbonyl (C=O) groups is 1. The summed E-state index contributed by atoms with van der Waals surface area (Å²) in [5.74, 6) is 0.241. The fourth-order valence-electron chi connectivity index (χ4n) is 2.67. The Morgan fingerprint density at radius 2 is 2.00 bits per heavy atom. The molecule has 0 atom stereocenters. The summed E-state index contributed by atoms with van der Waals surface area (Å²) in [5.41, 5.74) is 2.40. The zero-order valence-corrected chi connectivity index (χ0v) is 10.7. The predicted octanol–water partition coefficient (Wildman–Crippen LogP) is 2.57. The summed E-state index contributed by atoms with van der Waals surface area (Å²) in [7, 11) is 0. The van der Waals surface area contributed by atoms with Crippen LogP contribution in [0.15, 0.2) is 30.5 Å². The third-order valence-electron chi connectivity index (χ3n) is 3.69. The minimum atomic E-state index is 0.241. The van der Waals surface area contributed by atoms with Crippen LogP contribution in [-0.4, -0.2) is 28.5 Å². The molecule has 0 bridgehead atoms. The van der Waals surface area contributed by atoms with Gasteiger partial charge in [-0.3, -0.25) is 4.79 Å². The molecule has 0 saturated carbocycles. The molecule has 1 aromatic carbocycles. The van der Waals surface area contributed by atoms with E-state index in [0.717, 1.165) is 31.4 Å². The highest BCUT2D eigenvalue weighted by molar-refractivity contribution is 5.83. The van der Waals surface area contributed by atoms with Crippen LogP contribution < -0.4 is 0 Å². The molecule has 0 unspecified atom stereocenters. The van der Waals surface area contributed by atoms with Crippen molar-refractivity contribution in [2.75, 3.05) is 13.1 Å². The number of fused-ring (bicyclic) bond motifs is 1. The van der Waals surface area contributed by atoms with Crippen molar-refractivity contribution in [2.24, 2.45) is 0 Å². The van der Waals surface area contributed by atoms with Crippen molar-refractivity contribution < 1.29 is 4.79 Å². The molecule has 0 N–H and O–H groups in total. The molecule has 1 aliphatic heterocycles. The lowest BCUT2D eigenvalue weighted by molar-refractivity contribution is -0.130. The van der Waals surface area contributed by atoms with Gasteiger partial charge in [-0.1, -0.05) is 11.6 Å². The normalized spacial score (nSPS) is 15.5. The van der Waals surface area contributed by atoms with Crippen LogP contribution in [0.5, 0.6) is 0 Å². The van der Waals surface area contributed by atoms with Crippen LogP contribution in [0.3, 0.4) is 0 Å². The number of aromatic nitrogens is 1. The van der Waals surface area contributed by atoms with Crippen LogP contribution in [-0.2, 0) is 11.3 Å². The maximum absolute atomic E-state index is 12.1. The Morgan fingerprint density at radius 3 is 2.78 bits per heavy atom. The van der Waals surface area contributed by atoms with Crippen LogP contribution in [0.4, 0.5) is 0 Å². The van der Waals surface area contributed by atoms with E-state index in [-0.39, 0.29) is 5.91 Å². The quantitative estimate of drug-likeness (QED) is 0.794. The van der Waals surface area contributed by atoms with Crippen LogP contribution in [0.1, 0.15) is 18.4 Å². The summed E-state index contributed by atoms with van der Waals surface area (Å²) in [6, 6.07) is 8.44. The van der Waals surface area contributed by atoms with Gasteiger partial charge < -0.3 is 9.47 Å². The second-order valence-corrected chi connectivity index (χ2v) is 5.09. The predicted molar refractivity (Wildman–Crippen MR) is 72.5 cm³/mol. The van der Waals surface area contributed by atoms with Crippen LogP contribution in [0, 0.1) is 6.92 Å². The first-order chi connectivity index (χ1) is 8.74. The number of benzene rings is 1. The highest BCUT2D eigenvalue weighted by Gasteiger charge is 2.18. The molecule has 18 heavy (non-hydrogen) atoms. The number of amides is 1. The van der Waals surface area contributed by atoms with Gasteiger partial charge in [-0.2, -0.15) is 0 Å². The lowest BCUT2D eigenvalue weighted by Gasteiger charge is -2.16. The van der Waals surface area contributed by atoms with Gasteiger partial charge in [0, 0.05) is 24.8 Å². The summed E-state index contributed by atoms with van der Waals surface area (Å²) < 4.78 is 2.05. The minimum Gasteiger partial charge on any atom is -0.341 e. The van der Waals surface area contributed by atoms with Gasteiger partial charge in [-0.15, -0.1) is 0 Å². The fraction of sp³-hybridized carbons (Fsp3) is 0.400. The molecule has 3 nitrogen and oxygen atoms in total. The van der Waals surface area contributed by atoms with E-state index in [0.29, 0.717) is 6.54 Å². The van der Waals surface area contributed by atoms with Gasteiger partial charge >= 0.3 is 0 Å². The Hall–Kier alpha value is -1.77. The second-order valence-electron chi connectivity index (χ2n) is 5.09. The van der Waals surface area contributed by atoms with Gasteiger partial charge in [0.1, 0.15) is 6.54 Å². The standard InChI is InChI=1S/C15H18N2O/c1-12-4-5-14-13(10-12)6-9-17(14)11-15(18)16-7-2-3-8-16/h4-6,9-10H,2-3,7-8,11H2,1H3. The first-order valence-corrected chi connectivity index (χ1v) is 6.57. The van der Waals surface area contributed by atoms with E-state index in [9.17, 15) is 4.79 Å². The molecule has 3 rings (SSSR count). The van der Waals surface area contributed by atoms with Crippen molar-refractivity contribution in [3.8, 4) is 0 Å². The average Bonchev–Trinajstić information content (AvgIpc) is 2.98. The molecule has 1 aliphatic rings. The fourth-order valence-corrected chi connectivity index (χ4v) is 2.67. The van der Waals surface area contributed by atoms with E-state index in [2.05, 4.69) is 35.8 Å². The number of likely N-dealkylation sites (tertiary alicyclic amines) is 1. The zero-order valence-electron chi connectivity index (χ0n) is 10.7. The molecule has 2 heterocycles. The lowest BCUT2D eigenvalue weighted by atomic mass is 10.2. The molecule has 0 aliphatic carbocycles. The lowest BCUT2D eigenvalue weighted by Crippen LogP contribution is -2.30. The molecule has 1 aromatic heterocycles. The van der Waals surface area contributed by atoms with Crippen molar-refractivity contribution >= 4 is 16.8 Å². The largest absolute Gasteiger partial charge is 0.341 e. The van der Waals surface area contributed by atoms with Crippen LogP contribution in [0.25, 0.3) is 10.9 Å². The van der Waals surface area contributed by atoms with E-state index in [1.54, 1.807) is 0 Å². The molecule has 94 valence electrons. The van der Waals surface area contributed by atoms with Gasteiger partial charge in [0.05, 0.1) is 0 Å². The Labute approximate surface area is 107 Å². The van der Waals surface area contributed by atoms with E-state index in [1.165, 1.54) is 10.9 Å². The molecule has 0 spiro atoms. The number of carbonyl (C=O) groups excluding carboxylic acids is 1. The number of hydrogen-bond acceptors (Lipinski definition) is 1. The summed E-state index contributed by atoms with van der Waals surface area (Å²) >= 11 is 0. The van der Waals surface area contributed by atoms with E-state index >= 15 is 0 Å². The highest BCUT2D eigenvalue weighted by atomic mass is 16.2. The van der Waals surface area contributed by atoms with E-state index in [1.807, 2.05) is 11.1 Å². The monoisotopic (exact) mass is 242 g/mol. The van der Waals surface area contributed by atoms with Crippen molar-refractivity contribution in [2.45, 2.75) is 26.3 Å². The Morgan fingerprint density at radius 1 is 1.22 bits per heavy atom. The molecule has 3 heteroatoms. The minimum absolute atomic E-state index is 0.241. The van der Waals surface area contributed by atoms with Gasteiger partial charge in [0.2, 0.25) is 5.91 Å². The topological polar surface area (TPSA) is 25.2 Å². The summed E-state index contributed by atoms with van der Waals surface area (Å²) in [4.78, 5) is 14.1. The maximum atomic E-state index is 12.1. The van der Waals surface area contributed by atoms with Crippen LogP contribution >= 0.6 is 0 Å². The molecule has 0 radical (unpaired) electrons. The molecule has 1 fully saturated rings. The van der Waals surface area contributed by atoms with Gasteiger partial charge in [-0.05, 0) is 43.4 Å². The van der Waals surface area contributed by atoms with Crippen molar-refractivity contribution in [3.63, 3.8) is 0 Å². The first kappa shape index (κ1) is 11.3. The molecule has 1 amide bonds. The van der Waals surface area contributed by atoms with Crippen molar-refractivity contribution in [1.82, 2.24) is 9.47 Å². The number of hydrogen-bond donors (Lipinski definition) is 0. The maximum Gasteiger partial charge on any atom is 0.242 e. The Kier molecular flexibility index (Phi) is 2.82. The zero-order chi connectivity index (χ0) is 12.5. The SMILES string of the molecule is Cc1ccc2c(ccn2CC(=O)N2CCCC2)c1. The smallest absolute Gasteiger partial charge is 0.242 e. The van der Waals surface area contributed by atoms with Gasteiger partial charge in [0.25, 0.3) is 0 Å². The molecule has 1 saturated heterocycles. The highest BCUT2D eigenvalue weighted by Crippen LogP contribution is 2.18.